The molecule has 2 N–H and O–H groups in total. The number of carbonyl (C=O) groups is 6. The van der Waals surface area contributed by atoms with Gasteiger partial charge in [0.1, 0.15) is 36.6 Å². The first kappa shape index (κ1) is 71.2. The summed E-state index contributed by atoms with van der Waals surface area (Å²) in [6, 6.07) is 2.10. The summed E-state index contributed by atoms with van der Waals surface area (Å²) in [4.78, 5) is 72.8. The summed E-state index contributed by atoms with van der Waals surface area (Å²) >= 11 is 0. The maximum Gasteiger partial charge on any atom is 0.327 e. The second-order valence-corrected chi connectivity index (χ2v) is 26.4. The van der Waals surface area contributed by atoms with E-state index in [0.717, 1.165) is 49.9 Å². The summed E-state index contributed by atoms with van der Waals surface area (Å²) in [5.74, 6) is 0.393. The zero-order valence-corrected chi connectivity index (χ0v) is 44.7. The lowest BCUT2D eigenvalue weighted by atomic mass is 9.46. The van der Waals surface area contributed by atoms with Crippen molar-refractivity contribution in [1.29, 1.82) is 5.26 Å². The highest BCUT2D eigenvalue weighted by atomic mass is 16.6. The van der Waals surface area contributed by atoms with Crippen molar-refractivity contribution in [2.75, 3.05) is 13.2 Å². The van der Waals surface area contributed by atoms with Gasteiger partial charge >= 0.3 is 35.8 Å². The van der Waals surface area contributed by atoms with Gasteiger partial charge in [0, 0.05) is 36.5 Å². The lowest BCUT2D eigenvalue weighted by molar-refractivity contribution is -0.264. The van der Waals surface area contributed by atoms with Crippen LogP contribution in [0.2, 0.25) is 0 Å². The smallest absolute Gasteiger partial charge is 0.327 e. The van der Waals surface area contributed by atoms with Gasteiger partial charge in [0.25, 0.3) is 0 Å². The molecule has 7 unspecified atom stereocenters. The Kier molecular flexibility index (Phi) is 23.5. The van der Waals surface area contributed by atoms with Crippen molar-refractivity contribution in [2.45, 2.75) is 277 Å². The topological polar surface area (TPSA) is 222 Å². The van der Waals surface area contributed by atoms with Crippen molar-refractivity contribution in [3.63, 3.8) is 0 Å². The van der Waals surface area contributed by atoms with Gasteiger partial charge in [-0.15, -0.1) is 0 Å². The third-order valence-electron chi connectivity index (χ3n) is 19.4. The fourth-order valence-corrected chi connectivity index (χ4v) is 14.7. The average molecular weight is 1090 g/mol. The van der Waals surface area contributed by atoms with Gasteiger partial charge in [-0.05, 0) is 169 Å². The SMILES string of the molecule is C.C.C.C.C.C.CCC(C)(C)C(=O)OC(C)(C)C12CC3CC(CC(C3)C1)C2.CCC(C)(C)C(=O)OC12CC3CC(O)(CC(O)(C3)C1)C2.CCC(C)(C)C(=O)OCCOC(=O)CCC(=O)OC1C2CC3C1OC(=O)C3(C#N)C2. The van der Waals surface area contributed by atoms with Gasteiger partial charge in [-0.2, -0.15) is 5.26 Å². The van der Waals surface area contributed by atoms with Gasteiger partial charge < -0.3 is 38.6 Å². The van der Waals surface area contributed by atoms with Crippen molar-refractivity contribution >= 4 is 35.8 Å². The molecule has 11 rings (SSSR count). The highest BCUT2D eigenvalue weighted by molar-refractivity contribution is 5.85. The van der Waals surface area contributed by atoms with E-state index in [1.54, 1.807) is 13.8 Å². The van der Waals surface area contributed by atoms with Gasteiger partial charge in [-0.1, -0.05) is 65.3 Å². The fourth-order valence-electron chi connectivity index (χ4n) is 14.7. The molecule has 15 nitrogen and oxygen atoms in total. The van der Waals surface area contributed by atoms with Crippen molar-refractivity contribution in [1.82, 2.24) is 0 Å². The molecule has 0 aromatic heterocycles. The second kappa shape index (κ2) is 25.4. The number of nitriles is 1. The Labute approximate surface area is 466 Å². The van der Waals surface area contributed by atoms with Crippen LogP contribution in [0.25, 0.3) is 0 Å². The number of hydrogen-bond acceptors (Lipinski definition) is 15. The number of ether oxygens (including phenoxy) is 6. The first-order chi connectivity index (χ1) is 32.9. The normalized spacial score (nSPS) is 34.7. The number of esters is 6. The monoisotopic (exact) mass is 1090 g/mol. The minimum Gasteiger partial charge on any atom is -0.462 e. The first-order valence-corrected chi connectivity index (χ1v) is 27.0. The Hall–Kier alpha value is -3.77. The van der Waals surface area contributed by atoms with Gasteiger partial charge in [0.15, 0.2) is 5.41 Å². The molecular formula is C62H109NO14. The molecule has 7 atom stereocenters. The number of nitrogens with zero attached hydrogens (tertiary/aromatic N) is 1. The van der Waals surface area contributed by atoms with E-state index in [2.05, 4.69) is 26.8 Å². The van der Waals surface area contributed by atoms with Crippen molar-refractivity contribution < 1.29 is 67.4 Å². The quantitative estimate of drug-likeness (QED) is 0.0833. The van der Waals surface area contributed by atoms with Crippen LogP contribution in [-0.4, -0.2) is 93.9 Å². The van der Waals surface area contributed by atoms with E-state index < -0.39 is 63.2 Å². The van der Waals surface area contributed by atoms with Crippen LogP contribution in [0.3, 0.4) is 0 Å². The lowest BCUT2D eigenvalue weighted by Crippen LogP contribution is -2.67. The van der Waals surface area contributed by atoms with Crippen LogP contribution in [0.5, 0.6) is 0 Å². The van der Waals surface area contributed by atoms with E-state index >= 15 is 0 Å². The molecule has 10 aliphatic carbocycles. The Morgan fingerprint density at radius 1 is 0.610 bits per heavy atom. The van der Waals surface area contributed by atoms with E-state index in [9.17, 15) is 44.2 Å². The third-order valence-corrected chi connectivity index (χ3v) is 19.4. The Balaban J connectivity index is 0.000000569. The highest BCUT2D eigenvalue weighted by Crippen LogP contribution is 2.65. The Bertz CT molecular complexity index is 2070. The summed E-state index contributed by atoms with van der Waals surface area (Å²) in [6.45, 7) is 21.5. The molecule has 1 aliphatic heterocycles. The first-order valence-electron chi connectivity index (χ1n) is 27.0. The Morgan fingerprint density at radius 3 is 1.56 bits per heavy atom. The van der Waals surface area contributed by atoms with Crippen molar-refractivity contribution in [2.24, 2.45) is 62.6 Å². The van der Waals surface area contributed by atoms with Crippen LogP contribution in [-0.2, 0) is 57.2 Å². The lowest BCUT2D eigenvalue weighted by Gasteiger charge is -2.62. The molecule has 15 heteroatoms. The van der Waals surface area contributed by atoms with Crippen LogP contribution < -0.4 is 0 Å². The molecule has 11 aliphatic rings. The molecule has 0 spiro atoms. The predicted molar refractivity (Wildman–Crippen MR) is 298 cm³/mol. The molecule has 0 amide bonds. The minimum atomic E-state index is -1.09. The summed E-state index contributed by atoms with van der Waals surface area (Å²) < 4.78 is 32.8. The highest BCUT2D eigenvalue weighted by Gasteiger charge is 2.72. The van der Waals surface area contributed by atoms with E-state index in [0.29, 0.717) is 38.5 Å². The van der Waals surface area contributed by atoms with Crippen molar-refractivity contribution in [3.05, 3.63) is 0 Å². The van der Waals surface area contributed by atoms with Crippen LogP contribution >= 0.6 is 0 Å². The number of rotatable bonds is 16. The average Bonchev–Trinajstić information content (AvgIpc) is 3.87. The fraction of sp³-hybridized carbons (Fsp3) is 0.887. The molecule has 1 saturated heterocycles. The Morgan fingerprint density at radius 2 is 1.08 bits per heavy atom. The molecular weight excluding hydrogens is 983 g/mol. The zero-order valence-electron chi connectivity index (χ0n) is 44.7. The number of aliphatic hydroxyl groups is 2. The van der Waals surface area contributed by atoms with Crippen LogP contribution in [0.15, 0.2) is 0 Å². The number of fused-ring (bicyclic) bond motifs is 1. The molecule has 0 radical (unpaired) electrons. The standard InChI is InChI=1S/C21H27NO8.C19H32O2.C16H26O4.6CH4/c1-4-20(2,3)18(25)28-8-7-27-14(23)5-6-15(24)29-16-12-9-13-17(16)30-19(26)21(13,10-12)11-22;1-6-17(2,3)16(20)21-18(4,5)19-10-13-7-14(11-19)9-15(8-13)12-19;1-4-13(2,3)12(17)20-16-7-11-5-14(18,9-16)8-15(19,6-11)10-16;;;;;;/h12-13,16-17H,4-10H2,1-3H3;13-15H,6-12H2,1-5H3;11,18-19H,4-10H2,1-3H3;6*1H4. The van der Waals surface area contributed by atoms with Crippen LogP contribution in [0, 0.1) is 73.9 Å². The second-order valence-electron chi connectivity index (χ2n) is 26.4. The molecule has 0 aromatic carbocycles. The predicted octanol–water partition coefficient (Wildman–Crippen LogP) is 12.6. The minimum absolute atomic E-state index is 0. The zero-order chi connectivity index (χ0) is 52.4. The number of hydrogen-bond donors (Lipinski definition) is 2. The maximum atomic E-state index is 12.6. The van der Waals surface area contributed by atoms with E-state index in [1.807, 2.05) is 41.5 Å². The van der Waals surface area contributed by atoms with Crippen LogP contribution in [0.4, 0.5) is 0 Å². The molecule has 11 fully saturated rings. The summed E-state index contributed by atoms with van der Waals surface area (Å²) in [5.41, 5.74) is -4.93. The number of carbonyl (C=O) groups excluding carboxylic acids is 6. The molecule has 1 heterocycles. The van der Waals surface area contributed by atoms with Gasteiger partial charge in [0.2, 0.25) is 0 Å². The third kappa shape index (κ3) is 14.2. The van der Waals surface area contributed by atoms with Crippen molar-refractivity contribution in [3.8, 4) is 6.07 Å². The van der Waals surface area contributed by atoms with Gasteiger partial charge in [-0.3, -0.25) is 28.8 Å². The van der Waals surface area contributed by atoms with E-state index in [1.165, 1.54) is 38.5 Å². The van der Waals surface area contributed by atoms with Crippen LogP contribution in [0.1, 0.15) is 243 Å². The van der Waals surface area contributed by atoms with E-state index in [-0.39, 0.29) is 123 Å². The van der Waals surface area contributed by atoms with Gasteiger partial charge in [0.05, 0.1) is 46.4 Å². The summed E-state index contributed by atoms with van der Waals surface area (Å²) in [7, 11) is 0. The van der Waals surface area contributed by atoms with Gasteiger partial charge in [-0.25, -0.2) is 0 Å². The molecule has 77 heavy (non-hydrogen) atoms. The molecule has 446 valence electrons. The molecule has 0 aromatic rings. The summed E-state index contributed by atoms with van der Waals surface area (Å²) in [5, 5.41) is 30.7. The largest absolute Gasteiger partial charge is 0.462 e. The molecule has 10 bridgehead atoms. The summed E-state index contributed by atoms with van der Waals surface area (Å²) in [6.07, 6.45) is 13.5. The van der Waals surface area contributed by atoms with E-state index in [4.69, 9.17) is 28.4 Å². The molecule has 10 saturated carbocycles. The maximum absolute atomic E-state index is 12.6.